The number of carbonyl (C=O) groups excluding carboxylic acids is 1. The number of benzene rings is 1. The lowest BCUT2D eigenvalue weighted by Crippen LogP contribution is -2.61. The number of nitriles is 1. The molecule has 0 fully saturated rings. The van der Waals surface area contributed by atoms with E-state index in [1.54, 1.807) is 12.1 Å². The number of alkyl halides is 3. The fourth-order valence-electron chi connectivity index (χ4n) is 1.55. The van der Waals surface area contributed by atoms with Crippen LogP contribution >= 0.6 is 0 Å². The van der Waals surface area contributed by atoms with Crippen molar-refractivity contribution in [2.24, 2.45) is 5.73 Å². The summed E-state index contributed by atoms with van der Waals surface area (Å²) in [4.78, 5) is 12.7. The van der Waals surface area contributed by atoms with E-state index in [-0.39, 0.29) is 6.54 Å². The Morgan fingerprint density at radius 1 is 1.35 bits per heavy atom. The molecule has 2 N–H and O–H groups in total. The minimum atomic E-state index is -4.82. The summed E-state index contributed by atoms with van der Waals surface area (Å²) >= 11 is 0. The molecule has 4 nitrogen and oxygen atoms in total. The SMILES string of the molecule is CN(Cc1ccc(C#N)cc1)C(=O)C(C)(N)C(F)(F)F. The number of carbonyl (C=O) groups is 1. The summed E-state index contributed by atoms with van der Waals surface area (Å²) in [5, 5.41) is 8.64. The highest BCUT2D eigenvalue weighted by molar-refractivity contribution is 5.86. The molecule has 1 aromatic rings. The van der Waals surface area contributed by atoms with Gasteiger partial charge in [-0.05, 0) is 24.6 Å². The fourth-order valence-corrected chi connectivity index (χ4v) is 1.55. The number of hydrogen-bond donors (Lipinski definition) is 1. The highest BCUT2D eigenvalue weighted by Gasteiger charge is 2.54. The van der Waals surface area contributed by atoms with E-state index in [1.165, 1.54) is 19.2 Å². The summed E-state index contributed by atoms with van der Waals surface area (Å²) in [7, 11) is 1.25. The summed E-state index contributed by atoms with van der Waals surface area (Å²) in [5.74, 6) is -1.21. The van der Waals surface area contributed by atoms with E-state index in [1.807, 2.05) is 6.07 Å². The Labute approximate surface area is 114 Å². The second-order valence-electron chi connectivity index (χ2n) is 4.67. The van der Waals surface area contributed by atoms with Gasteiger partial charge in [0, 0.05) is 13.6 Å². The lowest BCUT2D eigenvalue weighted by Gasteiger charge is -2.30. The van der Waals surface area contributed by atoms with Crippen molar-refractivity contribution < 1.29 is 18.0 Å². The zero-order valence-electron chi connectivity index (χ0n) is 11.0. The van der Waals surface area contributed by atoms with Gasteiger partial charge >= 0.3 is 6.18 Å². The third kappa shape index (κ3) is 3.27. The Hall–Kier alpha value is -2.07. The van der Waals surface area contributed by atoms with Crippen LogP contribution in [0, 0.1) is 11.3 Å². The molecular weight excluding hydrogens is 271 g/mol. The minimum absolute atomic E-state index is 0.0204. The first-order valence-corrected chi connectivity index (χ1v) is 5.70. The number of likely N-dealkylation sites (N-methyl/N-ethyl adjacent to an activating group) is 1. The van der Waals surface area contributed by atoms with E-state index in [9.17, 15) is 18.0 Å². The van der Waals surface area contributed by atoms with E-state index in [0.29, 0.717) is 18.1 Å². The summed E-state index contributed by atoms with van der Waals surface area (Å²) in [6.07, 6.45) is -4.82. The molecule has 1 atom stereocenters. The van der Waals surface area contributed by atoms with Crippen LogP contribution < -0.4 is 5.73 Å². The molecule has 0 spiro atoms. The minimum Gasteiger partial charge on any atom is -0.340 e. The topological polar surface area (TPSA) is 70.1 Å². The van der Waals surface area contributed by atoms with Gasteiger partial charge in [-0.25, -0.2) is 0 Å². The fraction of sp³-hybridized carbons (Fsp3) is 0.385. The Balaban J connectivity index is 2.83. The number of hydrogen-bond acceptors (Lipinski definition) is 3. The van der Waals surface area contributed by atoms with Gasteiger partial charge < -0.3 is 10.6 Å². The van der Waals surface area contributed by atoms with E-state index in [0.717, 1.165) is 4.90 Å². The van der Waals surface area contributed by atoms with Crippen molar-refractivity contribution in [3.63, 3.8) is 0 Å². The number of nitrogens with two attached hydrogens (primary N) is 1. The summed E-state index contributed by atoms with van der Waals surface area (Å²) in [6, 6.07) is 8.13. The predicted molar refractivity (Wildman–Crippen MR) is 66.3 cm³/mol. The quantitative estimate of drug-likeness (QED) is 0.920. The molecule has 0 saturated carbocycles. The van der Waals surface area contributed by atoms with Crippen LogP contribution in [0.25, 0.3) is 0 Å². The second kappa shape index (κ2) is 5.51. The second-order valence-corrected chi connectivity index (χ2v) is 4.67. The highest BCUT2D eigenvalue weighted by atomic mass is 19.4. The first-order valence-electron chi connectivity index (χ1n) is 5.70. The number of nitrogens with zero attached hydrogens (tertiary/aromatic N) is 2. The van der Waals surface area contributed by atoms with Crippen molar-refractivity contribution >= 4 is 5.91 Å². The summed E-state index contributed by atoms with van der Waals surface area (Å²) in [6.45, 7) is 0.623. The average Bonchev–Trinajstić information content (AvgIpc) is 2.37. The lowest BCUT2D eigenvalue weighted by molar-refractivity contribution is -0.193. The van der Waals surface area contributed by atoms with Crippen LogP contribution in [0.3, 0.4) is 0 Å². The molecule has 1 unspecified atom stereocenters. The van der Waals surface area contributed by atoms with Gasteiger partial charge in [0.15, 0.2) is 5.54 Å². The molecule has 0 aromatic heterocycles. The number of amides is 1. The Morgan fingerprint density at radius 3 is 2.25 bits per heavy atom. The van der Waals surface area contributed by atoms with Crippen LogP contribution in [0.5, 0.6) is 0 Å². The zero-order chi connectivity index (χ0) is 15.6. The average molecular weight is 285 g/mol. The van der Waals surface area contributed by atoms with E-state index >= 15 is 0 Å². The number of halogens is 3. The highest BCUT2D eigenvalue weighted by Crippen LogP contribution is 2.29. The molecule has 0 saturated heterocycles. The molecule has 7 heteroatoms. The molecular formula is C13H14F3N3O. The molecule has 0 aliphatic heterocycles. The van der Waals surface area contributed by atoms with E-state index < -0.39 is 17.6 Å². The normalized spacial score (nSPS) is 14.2. The van der Waals surface area contributed by atoms with Crippen LogP contribution in [-0.4, -0.2) is 29.6 Å². The molecule has 0 radical (unpaired) electrons. The van der Waals surface area contributed by atoms with Crippen molar-refractivity contribution in [2.75, 3.05) is 7.05 Å². The van der Waals surface area contributed by atoms with Crippen molar-refractivity contribution in [1.29, 1.82) is 5.26 Å². The molecule has 1 amide bonds. The number of rotatable bonds is 3. The van der Waals surface area contributed by atoms with Crippen LogP contribution in [-0.2, 0) is 11.3 Å². The largest absolute Gasteiger partial charge is 0.415 e. The van der Waals surface area contributed by atoms with Gasteiger partial charge in [0.25, 0.3) is 5.91 Å². The van der Waals surface area contributed by atoms with Gasteiger partial charge in [-0.1, -0.05) is 12.1 Å². The van der Waals surface area contributed by atoms with Crippen LogP contribution in [0.15, 0.2) is 24.3 Å². The van der Waals surface area contributed by atoms with Gasteiger partial charge in [0.1, 0.15) is 0 Å². The predicted octanol–water partition coefficient (Wildman–Crippen LogP) is 1.80. The first kappa shape index (κ1) is 16.0. The van der Waals surface area contributed by atoms with E-state index in [2.05, 4.69) is 0 Å². The van der Waals surface area contributed by atoms with Crippen LogP contribution in [0.4, 0.5) is 13.2 Å². The lowest BCUT2D eigenvalue weighted by atomic mass is 10.0. The Kier molecular flexibility index (Phi) is 4.40. The molecule has 20 heavy (non-hydrogen) atoms. The van der Waals surface area contributed by atoms with Crippen molar-refractivity contribution in [2.45, 2.75) is 25.2 Å². The standard InChI is InChI=1S/C13H14F3N3O/c1-12(18,13(14,15)16)11(20)19(2)8-10-5-3-9(7-17)4-6-10/h3-6H,8,18H2,1-2H3. The first-order chi connectivity index (χ1) is 9.09. The molecule has 1 rings (SSSR count). The third-order valence-corrected chi connectivity index (χ3v) is 2.88. The zero-order valence-corrected chi connectivity index (χ0v) is 11.0. The van der Waals surface area contributed by atoms with Gasteiger partial charge in [0.05, 0.1) is 11.6 Å². The van der Waals surface area contributed by atoms with Gasteiger partial charge in [-0.15, -0.1) is 0 Å². The Morgan fingerprint density at radius 2 is 1.85 bits per heavy atom. The third-order valence-electron chi connectivity index (χ3n) is 2.88. The molecule has 0 aliphatic carbocycles. The van der Waals surface area contributed by atoms with Crippen molar-refractivity contribution in [3.8, 4) is 6.07 Å². The van der Waals surface area contributed by atoms with Crippen LogP contribution in [0.1, 0.15) is 18.1 Å². The van der Waals surface area contributed by atoms with Crippen molar-refractivity contribution in [1.82, 2.24) is 4.90 Å². The molecule has 0 bridgehead atoms. The molecule has 0 aliphatic rings. The Bertz CT molecular complexity index is 529. The van der Waals surface area contributed by atoms with Crippen molar-refractivity contribution in [3.05, 3.63) is 35.4 Å². The van der Waals surface area contributed by atoms with Gasteiger partial charge in [-0.2, -0.15) is 18.4 Å². The smallest absolute Gasteiger partial charge is 0.340 e. The van der Waals surface area contributed by atoms with Gasteiger partial charge in [-0.3, -0.25) is 4.79 Å². The summed E-state index contributed by atoms with van der Waals surface area (Å²) < 4.78 is 38.0. The monoisotopic (exact) mass is 285 g/mol. The van der Waals surface area contributed by atoms with E-state index in [4.69, 9.17) is 11.0 Å². The molecule has 0 heterocycles. The molecule has 1 aromatic carbocycles. The van der Waals surface area contributed by atoms with Gasteiger partial charge in [0.2, 0.25) is 0 Å². The summed E-state index contributed by atoms with van der Waals surface area (Å²) in [5.41, 5.74) is 3.20. The molecule has 108 valence electrons. The van der Waals surface area contributed by atoms with Crippen LogP contribution in [0.2, 0.25) is 0 Å². The maximum absolute atomic E-state index is 12.7. The maximum atomic E-state index is 12.7. The maximum Gasteiger partial charge on any atom is 0.415 e.